The van der Waals surface area contributed by atoms with Gasteiger partial charge in [0.05, 0.1) is 13.7 Å². The maximum Gasteiger partial charge on any atom is 0.251 e. The van der Waals surface area contributed by atoms with Gasteiger partial charge in [0.25, 0.3) is 5.91 Å². The van der Waals surface area contributed by atoms with Crippen LogP contribution in [0.1, 0.15) is 15.9 Å². The molecule has 1 heterocycles. The van der Waals surface area contributed by atoms with Gasteiger partial charge in [-0.2, -0.15) is 0 Å². The van der Waals surface area contributed by atoms with Crippen LogP contribution in [0.5, 0.6) is 17.2 Å². The normalized spacial score (nSPS) is 15.8. The Labute approximate surface area is 135 Å². The molecule has 0 aliphatic carbocycles. The molecule has 2 aromatic carbocycles. The van der Waals surface area contributed by atoms with Crippen LogP contribution in [0.3, 0.4) is 0 Å². The standard InChI is InChI=1S/C18H19NO4/c1-12-9-13(7-8-15(12)21-2)18(20)19-10-14-11-22-16-5-3-4-6-17(16)23-14/h3-9,14H,10-11H2,1-2H3,(H,19,20). The molecular weight excluding hydrogens is 294 g/mol. The average Bonchev–Trinajstić information content (AvgIpc) is 2.59. The largest absolute Gasteiger partial charge is 0.496 e. The summed E-state index contributed by atoms with van der Waals surface area (Å²) in [5.74, 6) is 2.07. The number of hydrogen-bond acceptors (Lipinski definition) is 4. The molecule has 23 heavy (non-hydrogen) atoms. The van der Waals surface area contributed by atoms with Gasteiger partial charge in [0.1, 0.15) is 18.5 Å². The van der Waals surface area contributed by atoms with Crippen molar-refractivity contribution in [2.45, 2.75) is 13.0 Å². The van der Waals surface area contributed by atoms with Crippen LogP contribution >= 0.6 is 0 Å². The summed E-state index contributed by atoms with van der Waals surface area (Å²) in [6, 6.07) is 12.9. The molecule has 120 valence electrons. The summed E-state index contributed by atoms with van der Waals surface area (Å²) in [6.45, 7) is 2.71. The summed E-state index contributed by atoms with van der Waals surface area (Å²) in [5.41, 5.74) is 1.52. The molecule has 1 aliphatic rings. The lowest BCUT2D eigenvalue weighted by Gasteiger charge is -2.26. The summed E-state index contributed by atoms with van der Waals surface area (Å²) in [5, 5.41) is 2.88. The van der Waals surface area contributed by atoms with Crippen molar-refractivity contribution in [2.75, 3.05) is 20.3 Å². The Kier molecular flexibility index (Phi) is 4.37. The second kappa shape index (κ2) is 6.60. The minimum absolute atomic E-state index is 0.141. The van der Waals surface area contributed by atoms with Gasteiger partial charge in [-0.15, -0.1) is 0 Å². The van der Waals surface area contributed by atoms with E-state index in [2.05, 4.69) is 5.32 Å². The second-order valence-electron chi connectivity index (χ2n) is 5.39. The fourth-order valence-electron chi connectivity index (χ4n) is 2.49. The van der Waals surface area contributed by atoms with Crippen LogP contribution in [0.2, 0.25) is 0 Å². The molecule has 1 atom stereocenters. The first kappa shape index (κ1) is 15.2. The van der Waals surface area contributed by atoms with E-state index in [-0.39, 0.29) is 12.0 Å². The lowest BCUT2D eigenvalue weighted by atomic mass is 10.1. The molecule has 5 heteroatoms. The third-order valence-electron chi connectivity index (χ3n) is 3.71. The van der Waals surface area contributed by atoms with Crippen molar-refractivity contribution in [3.63, 3.8) is 0 Å². The van der Waals surface area contributed by atoms with E-state index >= 15 is 0 Å². The third kappa shape index (κ3) is 3.39. The number of hydrogen-bond donors (Lipinski definition) is 1. The van der Waals surface area contributed by atoms with Gasteiger partial charge >= 0.3 is 0 Å². The van der Waals surface area contributed by atoms with Gasteiger partial charge in [-0.3, -0.25) is 4.79 Å². The van der Waals surface area contributed by atoms with E-state index in [0.29, 0.717) is 24.5 Å². The van der Waals surface area contributed by atoms with E-state index in [1.54, 1.807) is 19.2 Å². The molecule has 2 aromatic rings. The lowest BCUT2D eigenvalue weighted by Crippen LogP contribution is -2.40. The van der Waals surface area contributed by atoms with E-state index < -0.39 is 0 Å². The Bertz CT molecular complexity index is 714. The second-order valence-corrected chi connectivity index (χ2v) is 5.39. The molecule has 0 aromatic heterocycles. The van der Waals surface area contributed by atoms with Gasteiger partial charge in [-0.1, -0.05) is 12.1 Å². The lowest BCUT2D eigenvalue weighted by molar-refractivity contribution is 0.0789. The van der Waals surface area contributed by atoms with Gasteiger partial charge in [-0.05, 0) is 42.8 Å². The molecule has 0 saturated heterocycles. The zero-order valence-corrected chi connectivity index (χ0v) is 13.2. The van der Waals surface area contributed by atoms with Crippen LogP contribution < -0.4 is 19.5 Å². The first-order valence-electron chi connectivity index (χ1n) is 7.48. The highest BCUT2D eigenvalue weighted by Crippen LogP contribution is 2.30. The van der Waals surface area contributed by atoms with Crippen molar-refractivity contribution in [3.05, 3.63) is 53.6 Å². The monoisotopic (exact) mass is 313 g/mol. The quantitative estimate of drug-likeness (QED) is 0.942. The van der Waals surface area contributed by atoms with Crippen LogP contribution in [0.25, 0.3) is 0 Å². The Morgan fingerprint density at radius 3 is 2.78 bits per heavy atom. The smallest absolute Gasteiger partial charge is 0.251 e. The molecule has 1 unspecified atom stereocenters. The molecule has 0 spiro atoms. The molecule has 0 saturated carbocycles. The summed E-state index contributed by atoms with van der Waals surface area (Å²) < 4.78 is 16.6. The first-order chi connectivity index (χ1) is 11.2. The van der Waals surface area contributed by atoms with Gasteiger partial charge in [-0.25, -0.2) is 0 Å². The molecule has 1 aliphatic heterocycles. The topological polar surface area (TPSA) is 56.8 Å². The van der Waals surface area contributed by atoms with Crippen LogP contribution in [-0.2, 0) is 0 Å². The predicted molar refractivity (Wildman–Crippen MR) is 86.4 cm³/mol. The molecule has 3 rings (SSSR count). The number of nitrogens with one attached hydrogen (secondary N) is 1. The Balaban J connectivity index is 1.58. The van der Waals surface area contributed by atoms with Gasteiger partial charge < -0.3 is 19.5 Å². The highest BCUT2D eigenvalue weighted by molar-refractivity contribution is 5.94. The number of ether oxygens (including phenoxy) is 3. The van der Waals surface area contributed by atoms with Crippen molar-refractivity contribution in [1.29, 1.82) is 0 Å². The van der Waals surface area contributed by atoms with Crippen LogP contribution in [0, 0.1) is 6.92 Å². The highest BCUT2D eigenvalue weighted by atomic mass is 16.6. The minimum Gasteiger partial charge on any atom is -0.496 e. The van der Waals surface area contributed by atoms with Crippen LogP contribution in [-0.4, -0.2) is 32.3 Å². The number of rotatable bonds is 4. The average molecular weight is 313 g/mol. The number of carbonyl (C=O) groups excluding carboxylic acids is 1. The zero-order valence-electron chi connectivity index (χ0n) is 13.2. The van der Waals surface area contributed by atoms with Crippen molar-refractivity contribution in [3.8, 4) is 17.2 Å². The van der Waals surface area contributed by atoms with Crippen LogP contribution in [0.4, 0.5) is 0 Å². The Morgan fingerprint density at radius 2 is 2.04 bits per heavy atom. The Hall–Kier alpha value is -2.69. The number of carbonyl (C=O) groups is 1. The number of para-hydroxylation sites is 2. The van der Waals surface area contributed by atoms with Gasteiger partial charge in [0.15, 0.2) is 11.5 Å². The number of aryl methyl sites for hydroxylation is 1. The first-order valence-corrected chi connectivity index (χ1v) is 7.48. The summed E-state index contributed by atoms with van der Waals surface area (Å²) >= 11 is 0. The van der Waals surface area contributed by atoms with E-state index in [1.807, 2.05) is 37.3 Å². The number of benzene rings is 2. The Morgan fingerprint density at radius 1 is 1.26 bits per heavy atom. The molecule has 0 fully saturated rings. The van der Waals surface area contributed by atoms with Gasteiger partial charge in [0, 0.05) is 5.56 Å². The molecule has 0 radical (unpaired) electrons. The molecule has 5 nitrogen and oxygen atoms in total. The molecule has 1 amide bonds. The fraction of sp³-hybridized carbons (Fsp3) is 0.278. The summed E-state index contributed by atoms with van der Waals surface area (Å²) in [4.78, 5) is 12.2. The zero-order chi connectivity index (χ0) is 16.2. The predicted octanol–water partition coefficient (Wildman–Crippen LogP) is 2.57. The number of methoxy groups -OCH3 is 1. The molecule has 1 N–H and O–H groups in total. The summed E-state index contributed by atoms with van der Waals surface area (Å²) in [7, 11) is 1.61. The number of fused-ring (bicyclic) bond motifs is 1. The maximum atomic E-state index is 12.2. The van der Waals surface area contributed by atoms with E-state index in [0.717, 1.165) is 17.1 Å². The van der Waals surface area contributed by atoms with Crippen molar-refractivity contribution < 1.29 is 19.0 Å². The molecule has 0 bridgehead atoms. The minimum atomic E-state index is -0.201. The highest BCUT2D eigenvalue weighted by Gasteiger charge is 2.21. The van der Waals surface area contributed by atoms with Crippen molar-refractivity contribution in [2.24, 2.45) is 0 Å². The van der Waals surface area contributed by atoms with Crippen LogP contribution in [0.15, 0.2) is 42.5 Å². The van der Waals surface area contributed by atoms with E-state index in [9.17, 15) is 4.79 Å². The van der Waals surface area contributed by atoms with Gasteiger partial charge in [0.2, 0.25) is 0 Å². The van der Waals surface area contributed by atoms with E-state index in [4.69, 9.17) is 14.2 Å². The maximum absolute atomic E-state index is 12.2. The van der Waals surface area contributed by atoms with Crippen molar-refractivity contribution >= 4 is 5.91 Å². The SMILES string of the molecule is COc1ccc(C(=O)NCC2COc3ccccc3O2)cc1C. The summed E-state index contributed by atoms with van der Waals surface area (Å²) in [6.07, 6.45) is -0.201. The number of amides is 1. The van der Waals surface area contributed by atoms with E-state index in [1.165, 1.54) is 0 Å². The third-order valence-corrected chi connectivity index (χ3v) is 3.71. The molecular formula is C18H19NO4. The fourth-order valence-corrected chi connectivity index (χ4v) is 2.49. The van der Waals surface area contributed by atoms with Crippen molar-refractivity contribution in [1.82, 2.24) is 5.32 Å².